The Labute approximate surface area is 128 Å². The molecule has 1 unspecified atom stereocenters. The zero-order valence-electron chi connectivity index (χ0n) is 11.7. The third-order valence-electron chi connectivity index (χ3n) is 4.10. The van der Waals surface area contributed by atoms with Crippen LogP contribution >= 0.6 is 11.8 Å². The first-order valence-corrected chi connectivity index (χ1v) is 8.25. The summed E-state index contributed by atoms with van der Waals surface area (Å²) in [5.41, 5.74) is -1.15. The quantitative estimate of drug-likeness (QED) is 0.829. The SMILES string of the molecule is O=C1CSC(C(F)(F)F)c2c(n(C3CCCCC3)[nH]c2=O)N1. The Kier molecular flexibility index (Phi) is 4.00. The minimum Gasteiger partial charge on any atom is -0.310 e. The van der Waals surface area contributed by atoms with E-state index in [1.54, 1.807) is 0 Å². The number of nitrogens with one attached hydrogen (secondary N) is 2. The van der Waals surface area contributed by atoms with E-state index in [1.165, 1.54) is 4.68 Å². The second-order valence-corrected chi connectivity index (χ2v) is 6.74. The third-order valence-corrected chi connectivity index (χ3v) is 5.37. The fourth-order valence-electron chi connectivity index (χ4n) is 3.12. The summed E-state index contributed by atoms with van der Waals surface area (Å²) in [6.07, 6.45) is 0.0126. The van der Waals surface area contributed by atoms with Crippen molar-refractivity contribution in [1.29, 1.82) is 0 Å². The standard InChI is InChI=1S/C13H16F3N3O2S/c14-13(15,16)10-9-11(17-8(20)6-22-10)19(18-12(9)21)7-4-2-1-3-5-7/h7,10H,1-6H2,(H,17,20)(H,18,21). The first-order valence-electron chi connectivity index (χ1n) is 7.20. The molecule has 1 aliphatic heterocycles. The molecule has 1 fully saturated rings. The van der Waals surface area contributed by atoms with Gasteiger partial charge in [-0.3, -0.25) is 19.4 Å². The Hall–Kier alpha value is -1.38. The van der Waals surface area contributed by atoms with Crippen molar-refractivity contribution in [3.05, 3.63) is 15.9 Å². The van der Waals surface area contributed by atoms with Crippen molar-refractivity contribution in [2.45, 2.75) is 49.6 Å². The number of halogens is 3. The number of H-pyrrole nitrogens is 1. The number of aromatic nitrogens is 2. The maximum Gasteiger partial charge on any atom is 0.404 e. The van der Waals surface area contributed by atoms with Gasteiger partial charge in [0.25, 0.3) is 5.56 Å². The van der Waals surface area contributed by atoms with Crippen LogP contribution in [0.2, 0.25) is 0 Å². The fourth-order valence-corrected chi connectivity index (χ4v) is 4.08. The number of amides is 1. The van der Waals surface area contributed by atoms with Gasteiger partial charge < -0.3 is 5.32 Å². The molecule has 0 saturated heterocycles. The molecule has 1 aromatic rings. The zero-order valence-corrected chi connectivity index (χ0v) is 12.5. The molecule has 2 heterocycles. The second-order valence-electron chi connectivity index (χ2n) is 5.65. The molecule has 1 amide bonds. The molecular weight excluding hydrogens is 319 g/mol. The number of fused-ring (bicyclic) bond motifs is 1. The van der Waals surface area contributed by atoms with Gasteiger partial charge in [-0.15, -0.1) is 11.8 Å². The van der Waals surface area contributed by atoms with Crippen molar-refractivity contribution in [3.8, 4) is 0 Å². The molecule has 1 aromatic heterocycles. The van der Waals surface area contributed by atoms with E-state index in [2.05, 4.69) is 10.4 Å². The molecule has 22 heavy (non-hydrogen) atoms. The van der Waals surface area contributed by atoms with Crippen LogP contribution in [-0.4, -0.2) is 27.6 Å². The van der Waals surface area contributed by atoms with Crippen LogP contribution in [-0.2, 0) is 4.79 Å². The molecule has 1 saturated carbocycles. The summed E-state index contributed by atoms with van der Waals surface area (Å²) >= 11 is 0.446. The van der Waals surface area contributed by atoms with Gasteiger partial charge in [0.1, 0.15) is 11.1 Å². The van der Waals surface area contributed by atoms with Crippen molar-refractivity contribution in [1.82, 2.24) is 9.78 Å². The number of thioether (sulfide) groups is 1. The molecular formula is C13H16F3N3O2S. The molecule has 2 N–H and O–H groups in total. The predicted octanol–water partition coefficient (Wildman–Crippen LogP) is 2.97. The highest BCUT2D eigenvalue weighted by Gasteiger charge is 2.47. The fraction of sp³-hybridized carbons (Fsp3) is 0.692. The molecule has 0 spiro atoms. The van der Waals surface area contributed by atoms with Gasteiger partial charge >= 0.3 is 6.18 Å². The van der Waals surface area contributed by atoms with Crippen molar-refractivity contribution >= 4 is 23.5 Å². The topological polar surface area (TPSA) is 66.9 Å². The van der Waals surface area contributed by atoms with E-state index in [4.69, 9.17) is 0 Å². The van der Waals surface area contributed by atoms with E-state index in [0.717, 1.165) is 32.1 Å². The summed E-state index contributed by atoms with van der Waals surface area (Å²) in [6.45, 7) is 0. The number of hydrogen-bond acceptors (Lipinski definition) is 3. The van der Waals surface area contributed by atoms with Crippen LogP contribution in [0, 0.1) is 0 Å². The van der Waals surface area contributed by atoms with Crippen LogP contribution in [0.4, 0.5) is 19.0 Å². The highest BCUT2D eigenvalue weighted by atomic mass is 32.2. The smallest absolute Gasteiger partial charge is 0.310 e. The van der Waals surface area contributed by atoms with Gasteiger partial charge in [-0.2, -0.15) is 13.2 Å². The molecule has 0 aromatic carbocycles. The largest absolute Gasteiger partial charge is 0.404 e. The summed E-state index contributed by atoms with van der Waals surface area (Å²) in [5, 5.41) is 3.01. The molecule has 122 valence electrons. The maximum atomic E-state index is 13.2. The van der Waals surface area contributed by atoms with Gasteiger partial charge in [-0.25, -0.2) is 0 Å². The normalized spacial score (nSPS) is 23.8. The average molecular weight is 335 g/mol. The van der Waals surface area contributed by atoms with Crippen molar-refractivity contribution in [2.75, 3.05) is 11.1 Å². The lowest BCUT2D eigenvalue weighted by atomic mass is 9.95. The number of nitrogens with zero attached hydrogens (tertiary/aromatic N) is 1. The van der Waals surface area contributed by atoms with Crippen LogP contribution < -0.4 is 10.9 Å². The number of carbonyl (C=O) groups is 1. The number of aromatic amines is 1. The van der Waals surface area contributed by atoms with Gasteiger partial charge in [0.15, 0.2) is 0 Å². The molecule has 2 aliphatic rings. The van der Waals surface area contributed by atoms with E-state index in [-0.39, 0.29) is 23.2 Å². The Balaban J connectivity index is 2.09. The van der Waals surface area contributed by atoms with Crippen LogP contribution in [0.3, 0.4) is 0 Å². The van der Waals surface area contributed by atoms with E-state index in [9.17, 15) is 22.8 Å². The van der Waals surface area contributed by atoms with Gasteiger partial charge in [0, 0.05) is 0 Å². The van der Waals surface area contributed by atoms with Gasteiger partial charge in [0.2, 0.25) is 5.91 Å². The summed E-state index contributed by atoms with van der Waals surface area (Å²) in [6, 6.07) is -0.0671. The number of hydrogen-bond donors (Lipinski definition) is 2. The molecule has 9 heteroatoms. The maximum absolute atomic E-state index is 13.2. The lowest BCUT2D eigenvalue weighted by Gasteiger charge is -2.25. The van der Waals surface area contributed by atoms with Crippen molar-refractivity contribution < 1.29 is 18.0 Å². The Morgan fingerprint density at radius 2 is 1.82 bits per heavy atom. The Morgan fingerprint density at radius 1 is 1.14 bits per heavy atom. The number of anilines is 1. The minimum atomic E-state index is -4.57. The lowest BCUT2D eigenvalue weighted by molar-refractivity contribution is -0.129. The van der Waals surface area contributed by atoms with Gasteiger partial charge in [-0.05, 0) is 12.8 Å². The van der Waals surface area contributed by atoms with Crippen LogP contribution in [0.5, 0.6) is 0 Å². The van der Waals surface area contributed by atoms with E-state index >= 15 is 0 Å². The highest BCUT2D eigenvalue weighted by Crippen LogP contribution is 2.46. The van der Waals surface area contributed by atoms with Crippen molar-refractivity contribution in [2.24, 2.45) is 0 Å². The Morgan fingerprint density at radius 3 is 2.45 bits per heavy atom. The third kappa shape index (κ3) is 2.78. The first kappa shape index (κ1) is 15.5. The number of carbonyl (C=O) groups excluding carboxylic acids is 1. The Bertz CT molecular complexity index is 631. The molecule has 1 aliphatic carbocycles. The second kappa shape index (κ2) is 5.68. The number of rotatable bonds is 1. The van der Waals surface area contributed by atoms with Gasteiger partial charge in [-0.1, -0.05) is 19.3 Å². The molecule has 0 bridgehead atoms. The summed E-state index contributed by atoms with van der Waals surface area (Å²) in [5.74, 6) is -0.834. The molecule has 1 atom stereocenters. The minimum absolute atomic E-state index is 0.00535. The molecule has 3 rings (SSSR count). The monoisotopic (exact) mass is 335 g/mol. The molecule has 5 nitrogen and oxygen atoms in total. The van der Waals surface area contributed by atoms with Crippen LogP contribution in [0.15, 0.2) is 4.79 Å². The van der Waals surface area contributed by atoms with Crippen LogP contribution in [0.1, 0.15) is 49.0 Å². The van der Waals surface area contributed by atoms with Crippen LogP contribution in [0.25, 0.3) is 0 Å². The zero-order chi connectivity index (χ0) is 15.9. The van der Waals surface area contributed by atoms with E-state index in [0.29, 0.717) is 11.8 Å². The highest BCUT2D eigenvalue weighted by molar-refractivity contribution is 8.00. The summed E-state index contributed by atoms with van der Waals surface area (Å²) in [4.78, 5) is 23.8. The lowest BCUT2D eigenvalue weighted by Crippen LogP contribution is -2.23. The van der Waals surface area contributed by atoms with E-state index < -0.39 is 22.9 Å². The number of alkyl halides is 3. The predicted molar refractivity (Wildman–Crippen MR) is 77.1 cm³/mol. The van der Waals surface area contributed by atoms with Crippen molar-refractivity contribution in [3.63, 3.8) is 0 Å². The van der Waals surface area contributed by atoms with E-state index in [1.807, 2.05) is 0 Å². The molecule has 0 radical (unpaired) electrons. The summed E-state index contributed by atoms with van der Waals surface area (Å²) < 4.78 is 41.2. The summed E-state index contributed by atoms with van der Waals surface area (Å²) in [7, 11) is 0. The van der Waals surface area contributed by atoms with Gasteiger partial charge in [0.05, 0.1) is 17.4 Å². The first-order chi connectivity index (χ1) is 10.4. The average Bonchev–Trinajstić information content (AvgIpc) is 2.66.